The molecule has 0 fully saturated rings. The minimum absolute atomic E-state index is 0.153. The van der Waals surface area contributed by atoms with Crippen LogP contribution in [-0.2, 0) is 9.53 Å². The molecule has 0 unspecified atom stereocenters. The quantitative estimate of drug-likeness (QED) is 0.487. The second-order valence-corrected chi connectivity index (χ2v) is 6.26. The molecule has 0 saturated carbocycles. The average Bonchev–Trinajstić information content (AvgIpc) is 2.66. The molecule has 0 spiro atoms. The lowest BCUT2D eigenvalue weighted by molar-refractivity contribution is -0.137. The summed E-state index contributed by atoms with van der Waals surface area (Å²) in [7, 11) is 1.30. The third-order valence-corrected chi connectivity index (χ3v) is 4.42. The first-order chi connectivity index (χ1) is 12.8. The molecule has 0 aliphatic carbocycles. The molecule has 2 aromatic carbocycles. The van der Waals surface area contributed by atoms with E-state index in [2.05, 4.69) is 10.1 Å². The molecule has 0 aromatic heterocycles. The molecule has 2 rings (SSSR count). The highest BCUT2D eigenvalue weighted by atomic mass is 32.2. The Kier molecular flexibility index (Phi) is 6.56. The Morgan fingerprint density at radius 3 is 2.19 bits per heavy atom. The van der Waals surface area contributed by atoms with E-state index in [0.717, 1.165) is 23.1 Å². The highest BCUT2D eigenvalue weighted by Crippen LogP contribution is 2.21. The number of benzene rings is 2. The van der Waals surface area contributed by atoms with Gasteiger partial charge >= 0.3 is 17.9 Å². The van der Waals surface area contributed by atoms with Crippen LogP contribution in [0.2, 0.25) is 0 Å². The van der Waals surface area contributed by atoms with Gasteiger partial charge in [0, 0.05) is 10.6 Å². The molecule has 0 heterocycles. The van der Waals surface area contributed by atoms with E-state index in [-0.39, 0.29) is 22.8 Å². The van der Waals surface area contributed by atoms with E-state index in [9.17, 15) is 24.3 Å². The van der Waals surface area contributed by atoms with Crippen LogP contribution in [0.1, 0.15) is 31.1 Å². The molecule has 27 heavy (non-hydrogen) atoms. The molecule has 2 aromatic rings. The Labute approximate surface area is 158 Å². The summed E-state index contributed by atoms with van der Waals surface area (Å²) in [6.45, 7) is 0. The summed E-state index contributed by atoms with van der Waals surface area (Å²) >= 11 is 1.27. The Morgan fingerprint density at radius 2 is 1.63 bits per heavy atom. The summed E-state index contributed by atoms with van der Waals surface area (Å²) in [5.74, 6) is -3.58. The Balaban J connectivity index is 2.14. The van der Waals surface area contributed by atoms with Crippen LogP contribution in [-0.4, -0.2) is 46.9 Å². The van der Waals surface area contributed by atoms with Gasteiger partial charge < -0.3 is 20.3 Å². The van der Waals surface area contributed by atoms with Crippen LogP contribution < -0.4 is 5.32 Å². The van der Waals surface area contributed by atoms with Crippen molar-refractivity contribution in [3.8, 4) is 0 Å². The largest absolute Gasteiger partial charge is 0.478 e. The summed E-state index contributed by atoms with van der Waals surface area (Å²) in [5, 5.41) is 20.7. The third kappa shape index (κ3) is 5.32. The van der Waals surface area contributed by atoms with E-state index in [4.69, 9.17) is 5.11 Å². The zero-order valence-electron chi connectivity index (χ0n) is 14.1. The van der Waals surface area contributed by atoms with E-state index >= 15 is 0 Å². The van der Waals surface area contributed by atoms with Gasteiger partial charge in [-0.25, -0.2) is 9.59 Å². The number of rotatable bonds is 7. The maximum absolute atomic E-state index is 12.4. The molecular formula is C18H15NO7S. The minimum atomic E-state index is -1.40. The van der Waals surface area contributed by atoms with E-state index in [0.29, 0.717) is 5.69 Å². The van der Waals surface area contributed by atoms with Gasteiger partial charge in [-0.1, -0.05) is 0 Å². The van der Waals surface area contributed by atoms with Crippen molar-refractivity contribution in [2.45, 2.75) is 4.90 Å². The molecule has 0 radical (unpaired) electrons. The lowest BCUT2D eigenvalue weighted by atomic mass is 10.0. The van der Waals surface area contributed by atoms with Crippen LogP contribution in [0.4, 0.5) is 5.69 Å². The molecule has 140 valence electrons. The third-order valence-electron chi connectivity index (χ3n) is 3.44. The number of thioether (sulfide) groups is 1. The number of carboxylic acid groups (broad SMARTS) is 2. The Morgan fingerprint density at radius 1 is 0.963 bits per heavy atom. The lowest BCUT2D eigenvalue weighted by Gasteiger charge is -2.09. The van der Waals surface area contributed by atoms with Gasteiger partial charge in [-0.05, 0) is 42.5 Å². The highest BCUT2D eigenvalue weighted by molar-refractivity contribution is 8.00. The number of anilines is 1. The molecular weight excluding hydrogens is 374 g/mol. The standard InChI is InChI=1S/C18H15NO7S/c1-26-15(20)9-27-12-5-3-11(4-6-12)19-16(21)13-7-2-10(17(22)23)8-14(13)18(24)25/h2-8H,9H2,1H3,(H,19,21)(H,22,23)(H,24,25). The number of hydrogen-bond donors (Lipinski definition) is 3. The number of amides is 1. The molecule has 0 aliphatic heterocycles. The van der Waals surface area contributed by atoms with Gasteiger partial charge in [0.25, 0.3) is 5.91 Å². The van der Waals surface area contributed by atoms with Crippen LogP contribution in [0.5, 0.6) is 0 Å². The summed E-state index contributed by atoms with van der Waals surface area (Å²) in [6.07, 6.45) is 0. The zero-order chi connectivity index (χ0) is 20.0. The second kappa shape index (κ2) is 8.86. The van der Waals surface area contributed by atoms with E-state index in [1.807, 2.05) is 0 Å². The number of carboxylic acids is 2. The van der Waals surface area contributed by atoms with Gasteiger partial charge in [0.1, 0.15) is 0 Å². The van der Waals surface area contributed by atoms with E-state index < -0.39 is 23.4 Å². The number of carbonyl (C=O) groups is 4. The number of aromatic carboxylic acids is 2. The number of esters is 1. The van der Waals surface area contributed by atoms with E-state index in [1.54, 1.807) is 24.3 Å². The van der Waals surface area contributed by atoms with Crippen LogP contribution in [0, 0.1) is 0 Å². The smallest absolute Gasteiger partial charge is 0.336 e. The van der Waals surface area contributed by atoms with Crippen molar-refractivity contribution in [3.05, 3.63) is 59.2 Å². The number of carbonyl (C=O) groups excluding carboxylic acids is 2. The van der Waals surface area contributed by atoms with Crippen LogP contribution in [0.15, 0.2) is 47.4 Å². The first kappa shape index (κ1) is 20.0. The molecule has 9 heteroatoms. The monoisotopic (exact) mass is 389 g/mol. The Bertz CT molecular complexity index is 893. The zero-order valence-corrected chi connectivity index (χ0v) is 14.9. The molecule has 1 amide bonds. The van der Waals surface area contributed by atoms with Gasteiger partial charge in [0.15, 0.2) is 0 Å². The van der Waals surface area contributed by atoms with Gasteiger partial charge in [0.2, 0.25) is 0 Å². The fraction of sp³-hybridized carbons (Fsp3) is 0.111. The highest BCUT2D eigenvalue weighted by Gasteiger charge is 2.19. The first-order valence-electron chi connectivity index (χ1n) is 7.53. The molecule has 0 bridgehead atoms. The predicted molar refractivity (Wildman–Crippen MR) is 97.5 cm³/mol. The van der Waals surface area contributed by atoms with Gasteiger partial charge in [0.05, 0.1) is 29.6 Å². The van der Waals surface area contributed by atoms with Crippen molar-refractivity contribution < 1.29 is 34.1 Å². The maximum Gasteiger partial charge on any atom is 0.336 e. The molecule has 0 aliphatic rings. The fourth-order valence-electron chi connectivity index (χ4n) is 2.09. The first-order valence-corrected chi connectivity index (χ1v) is 8.52. The summed E-state index contributed by atoms with van der Waals surface area (Å²) in [5.41, 5.74) is -0.369. The van der Waals surface area contributed by atoms with Gasteiger partial charge in [-0.2, -0.15) is 0 Å². The SMILES string of the molecule is COC(=O)CSc1ccc(NC(=O)c2ccc(C(=O)O)cc2C(=O)O)cc1. The number of nitrogens with one attached hydrogen (secondary N) is 1. The summed E-state index contributed by atoms with van der Waals surface area (Å²) < 4.78 is 4.55. The molecule has 3 N–H and O–H groups in total. The van der Waals surface area contributed by atoms with Crippen molar-refractivity contribution in [1.29, 1.82) is 0 Å². The van der Waals surface area contributed by atoms with Gasteiger partial charge in [-0.3, -0.25) is 9.59 Å². The summed E-state index contributed by atoms with van der Waals surface area (Å²) in [4.78, 5) is 46.6. The number of ether oxygens (including phenoxy) is 1. The lowest BCUT2D eigenvalue weighted by Crippen LogP contribution is -2.17. The molecule has 0 saturated heterocycles. The van der Waals surface area contributed by atoms with Crippen LogP contribution in [0.3, 0.4) is 0 Å². The average molecular weight is 389 g/mol. The number of methoxy groups -OCH3 is 1. The van der Waals surface area contributed by atoms with Crippen molar-refractivity contribution in [3.63, 3.8) is 0 Å². The Hall–Kier alpha value is -3.33. The topological polar surface area (TPSA) is 130 Å². The van der Waals surface area contributed by atoms with Crippen molar-refractivity contribution >= 4 is 41.3 Å². The molecule has 8 nitrogen and oxygen atoms in total. The maximum atomic E-state index is 12.4. The minimum Gasteiger partial charge on any atom is -0.478 e. The fourth-order valence-corrected chi connectivity index (χ4v) is 2.82. The van der Waals surface area contributed by atoms with Crippen LogP contribution >= 0.6 is 11.8 Å². The normalized spacial score (nSPS) is 10.1. The van der Waals surface area contributed by atoms with E-state index in [1.165, 1.54) is 18.9 Å². The van der Waals surface area contributed by atoms with Crippen molar-refractivity contribution in [2.75, 3.05) is 18.2 Å². The predicted octanol–water partition coefficient (Wildman–Crippen LogP) is 2.60. The van der Waals surface area contributed by atoms with Crippen molar-refractivity contribution in [1.82, 2.24) is 0 Å². The second-order valence-electron chi connectivity index (χ2n) is 5.21. The van der Waals surface area contributed by atoms with Gasteiger partial charge in [-0.15, -0.1) is 11.8 Å². The number of hydrogen-bond acceptors (Lipinski definition) is 6. The summed E-state index contributed by atoms with van der Waals surface area (Å²) in [6, 6.07) is 9.84. The van der Waals surface area contributed by atoms with Crippen LogP contribution in [0.25, 0.3) is 0 Å². The molecule has 0 atom stereocenters. The van der Waals surface area contributed by atoms with Crippen molar-refractivity contribution in [2.24, 2.45) is 0 Å².